The average molecular weight is 370 g/mol. The van der Waals surface area contributed by atoms with Gasteiger partial charge in [0.05, 0.1) is 6.04 Å². The Morgan fingerprint density at radius 2 is 1.81 bits per heavy atom. The van der Waals surface area contributed by atoms with E-state index < -0.39 is 12.0 Å². The molecule has 4 atom stereocenters. The number of rotatable bonds is 11. The molecule has 0 radical (unpaired) electrons. The molecule has 6 nitrogen and oxygen atoms in total. The van der Waals surface area contributed by atoms with Gasteiger partial charge in [0.2, 0.25) is 5.91 Å². The van der Waals surface area contributed by atoms with Crippen molar-refractivity contribution in [2.24, 2.45) is 11.8 Å². The van der Waals surface area contributed by atoms with Gasteiger partial charge in [-0.1, -0.05) is 40.0 Å². The Labute approximate surface area is 157 Å². The summed E-state index contributed by atoms with van der Waals surface area (Å²) in [6.45, 7) is 7.47. The highest BCUT2D eigenvalue weighted by Crippen LogP contribution is 2.30. The van der Waals surface area contributed by atoms with E-state index in [0.717, 1.165) is 38.5 Å². The second-order valence-electron chi connectivity index (χ2n) is 7.60. The van der Waals surface area contributed by atoms with Gasteiger partial charge in [-0.25, -0.2) is 4.79 Å². The molecule has 0 aromatic carbocycles. The molecule has 6 heteroatoms. The smallest absolute Gasteiger partial charge is 0.332 e. The van der Waals surface area contributed by atoms with Crippen LogP contribution in [0.3, 0.4) is 0 Å². The maximum atomic E-state index is 11.9. The normalized spacial score (nSPS) is 23.9. The number of carbonyl (C=O) groups excluding carboxylic acids is 3. The van der Waals surface area contributed by atoms with Crippen molar-refractivity contribution in [2.75, 3.05) is 13.2 Å². The van der Waals surface area contributed by atoms with Gasteiger partial charge in [0.25, 0.3) is 0 Å². The molecule has 1 amide bonds. The van der Waals surface area contributed by atoms with Crippen LogP contribution in [-0.4, -0.2) is 43.0 Å². The molecule has 0 heterocycles. The minimum Gasteiger partial charge on any atom is -0.461 e. The Morgan fingerprint density at radius 1 is 1.08 bits per heavy atom. The fourth-order valence-corrected chi connectivity index (χ4v) is 3.26. The summed E-state index contributed by atoms with van der Waals surface area (Å²) in [5, 5.41) is 2.68. The van der Waals surface area contributed by atoms with E-state index in [1.54, 1.807) is 0 Å². The number of amides is 1. The molecule has 0 aromatic rings. The first kappa shape index (κ1) is 22.6. The molecule has 150 valence electrons. The number of ketones is 1. The summed E-state index contributed by atoms with van der Waals surface area (Å²) in [5.41, 5.74) is 0. The number of ether oxygens (including phenoxy) is 2. The lowest BCUT2D eigenvalue weighted by atomic mass is 9.80. The zero-order chi connectivity index (χ0) is 19.5. The van der Waals surface area contributed by atoms with Crippen LogP contribution >= 0.6 is 0 Å². The van der Waals surface area contributed by atoms with Crippen molar-refractivity contribution in [1.29, 1.82) is 0 Å². The molecule has 0 bridgehead atoms. The highest BCUT2D eigenvalue weighted by molar-refractivity contribution is 5.87. The van der Waals surface area contributed by atoms with E-state index in [-0.39, 0.29) is 31.0 Å². The summed E-state index contributed by atoms with van der Waals surface area (Å²) >= 11 is 0. The molecular formula is C20H35NO5. The molecule has 1 saturated carbocycles. The van der Waals surface area contributed by atoms with Crippen LogP contribution in [-0.2, 0) is 23.9 Å². The lowest BCUT2D eigenvalue weighted by molar-refractivity contribution is -0.157. The van der Waals surface area contributed by atoms with Gasteiger partial charge in [-0.05, 0) is 44.4 Å². The predicted octanol–water partition coefficient (Wildman–Crippen LogP) is 3.03. The molecular weight excluding hydrogens is 334 g/mol. The van der Waals surface area contributed by atoms with E-state index in [0.29, 0.717) is 18.3 Å². The van der Waals surface area contributed by atoms with Crippen molar-refractivity contribution in [2.45, 2.75) is 84.8 Å². The maximum absolute atomic E-state index is 11.9. The fraction of sp³-hybridized carbons (Fsp3) is 0.850. The van der Waals surface area contributed by atoms with Gasteiger partial charge in [0.1, 0.15) is 19.3 Å². The third-order valence-corrected chi connectivity index (χ3v) is 5.22. The molecule has 0 aromatic heterocycles. The van der Waals surface area contributed by atoms with E-state index in [9.17, 15) is 14.4 Å². The zero-order valence-electron chi connectivity index (χ0n) is 16.7. The van der Waals surface area contributed by atoms with E-state index in [1.165, 1.54) is 6.92 Å². The summed E-state index contributed by atoms with van der Waals surface area (Å²) < 4.78 is 10.6. The number of esters is 1. The number of unbranched alkanes of at least 4 members (excludes halogenated alkanes) is 2. The quantitative estimate of drug-likeness (QED) is 0.447. The highest BCUT2D eigenvalue weighted by atomic mass is 16.6. The number of Topliss-reactive ketones (excluding diaryl/α,β-unsaturated/α-hetero) is 1. The van der Waals surface area contributed by atoms with Gasteiger partial charge in [-0.3, -0.25) is 9.59 Å². The summed E-state index contributed by atoms with van der Waals surface area (Å²) in [6.07, 6.45) is 6.39. The molecule has 1 N–H and O–H groups in total. The lowest BCUT2D eigenvalue weighted by Crippen LogP contribution is -2.41. The third kappa shape index (κ3) is 8.79. The van der Waals surface area contributed by atoms with E-state index in [1.807, 2.05) is 0 Å². The van der Waals surface area contributed by atoms with E-state index >= 15 is 0 Å². The fourth-order valence-electron chi connectivity index (χ4n) is 3.26. The van der Waals surface area contributed by atoms with Crippen molar-refractivity contribution in [1.82, 2.24) is 5.32 Å². The standard InChI is InChI=1S/C20H35NO5/c1-5-6-7-8-18(16(4)22)21-19(23)12-25-13-20(24)26-17-10-9-14(2)15(3)11-17/h14-15,17-18H,5-13H2,1-4H3,(H,21,23)/t14-,15-,17+,18?/m1/s1. The Hall–Kier alpha value is -1.43. The maximum Gasteiger partial charge on any atom is 0.332 e. The Balaban J connectivity index is 2.23. The molecule has 1 aliphatic rings. The van der Waals surface area contributed by atoms with E-state index in [2.05, 4.69) is 26.1 Å². The van der Waals surface area contributed by atoms with Crippen LogP contribution in [0.15, 0.2) is 0 Å². The first-order valence-electron chi connectivity index (χ1n) is 9.90. The van der Waals surface area contributed by atoms with Gasteiger partial charge in [0.15, 0.2) is 5.78 Å². The van der Waals surface area contributed by atoms with Gasteiger partial charge in [-0.15, -0.1) is 0 Å². The SMILES string of the molecule is CCCCCC(NC(=O)COCC(=O)O[C@H]1CC[C@@H](C)[C@H](C)C1)C(C)=O. The average Bonchev–Trinajstić information content (AvgIpc) is 2.57. The van der Waals surface area contributed by atoms with Crippen molar-refractivity contribution in [3.05, 3.63) is 0 Å². The summed E-state index contributed by atoms with van der Waals surface area (Å²) in [7, 11) is 0. The summed E-state index contributed by atoms with van der Waals surface area (Å²) in [5.74, 6) is 0.334. The van der Waals surface area contributed by atoms with Crippen molar-refractivity contribution in [3.8, 4) is 0 Å². The van der Waals surface area contributed by atoms with Gasteiger partial charge in [0, 0.05) is 0 Å². The Bertz CT molecular complexity index is 465. The largest absolute Gasteiger partial charge is 0.461 e. The van der Waals surface area contributed by atoms with Crippen LogP contribution in [0.1, 0.15) is 72.6 Å². The van der Waals surface area contributed by atoms with Crippen LogP contribution < -0.4 is 5.32 Å². The molecule has 1 fully saturated rings. The van der Waals surface area contributed by atoms with Crippen LogP contribution in [0.4, 0.5) is 0 Å². The van der Waals surface area contributed by atoms with Crippen LogP contribution in [0.2, 0.25) is 0 Å². The van der Waals surface area contributed by atoms with Crippen LogP contribution in [0.25, 0.3) is 0 Å². The summed E-state index contributed by atoms with van der Waals surface area (Å²) in [4.78, 5) is 35.4. The Kier molecular flexibility index (Phi) is 10.5. The monoisotopic (exact) mass is 369 g/mol. The van der Waals surface area contributed by atoms with Crippen molar-refractivity contribution < 1.29 is 23.9 Å². The molecule has 26 heavy (non-hydrogen) atoms. The first-order valence-corrected chi connectivity index (χ1v) is 9.90. The molecule has 0 saturated heterocycles. The molecule has 1 rings (SSSR count). The number of nitrogens with one attached hydrogen (secondary N) is 1. The van der Waals surface area contributed by atoms with Crippen LogP contribution in [0, 0.1) is 11.8 Å². The van der Waals surface area contributed by atoms with Gasteiger partial charge >= 0.3 is 5.97 Å². The highest BCUT2D eigenvalue weighted by Gasteiger charge is 2.27. The number of hydrogen-bond acceptors (Lipinski definition) is 5. The molecule has 1 unspecified atom stereocenters. The summed E-state index contributed by atoms with van der Waals surface area (Å²) in [6, 6.07) is -0.477. The molecule has 0 aliphatic heterocycles. The first-order chi connectivity index (χ1) is 12.3. The second kappa shape index (κ2) is 12.0. The third-order valence-electron chi connectivity index (χ3n) is 5.22. The van der Waals surface area contributed by atoms with Crippen molar-refractivity contribution in [3.63, 3.8) is 0 Å². The zero-order valence-corrected chi connectivity index (χ0v) is 16.7. The lowest BCUT2D eigenvalue weighted by Gasteiger charge is -2.31. The van der Waals surface area contributed by atoms with Crippen LogP contribution in [0.5, 0.6) is 0 Å². The second-order valence-corrected chi connectivity index (χ2v) is 7.60. The molecule has 0 spiro atoms. The molecule has 1 aliphatic carbocycles. The Morgan fingerprint density at radius 3 is 2.42 bits per heavy atom. The van der Waals surface area contributed by atoms with Gasteiger partial charge < -0.3 is 14.8 Å². The topological polar surface area (TPSA) is 81.7 Å². The van der Waals surface area contributed by atoms with Gasteiger partial charge in [-0.2, -0.15) is 0 Å². The minimum atomic E-state index is -0.477. The minimum absolute atomic E-state index is 0.0493. The predicted molar refractivity (Wildman–Crippen MR) is 99.6 cm³/mol. The number of hydrogen-bond donors (Lipinski definition) is 1. The number of carbonyl (C=O) groups is 3. The van der Waals surface area contributed by atoms with Crippen molar-refractivity contribution >= 4 is 17.7 Å². The van der Waals surface area contributed by atoms with E-state index in [4.69, 9.17) is 9.47 Å².